The Hall–Kier alpha value is -6.44. The highest BCUT2D eigenvalue weighted by atomic mass is 15.1. The van der Waals surface area contributed by atoms with Crippen molar-refractivity contribution in [1.29, 1.82) is 0 Å². The van der Waals surface area contributed by atoms with E-state index in [1.165, 1.54) is 13.8 Å². The lowest BCUT2D eigenvalue weighted by Crippen LogP contribution is -2.28. The molecule has 252 valence electrons. The summed E-state index contributed by atoms with van der Waals surface area (Å²) in [6, 6.07) is -22.2. The number of anilines is 3. The topological polar surface area (TPSA) is 3.24 Å². The Morgan fingerprint density at radius 2 is 0.830 bits per heavy atom. The number of hydrogen-bond acceptors (Lipinski definition) is 1. The maximum atomic E-state index is 9.99. The molecule has 0 amide bonds. The van der Waals surface area contributed by atoms with Crippen LogP contribution in [0.2, 0.25) is 0 Å². The third-order valence-corrected chi connectivity index (χ3v) is 9.67. The molecule has 8 aromatic carbocycles. The Kier molecular flexibility index (Phi) is 3.08. The van der Waals surface area contributed by atoms with Crippen molar-refractivity contribution in [2.75, 3.05) is 4.90 Å². The van der Waals surface area contributed by atoms with E-state index in [-0.39, 0.29) is 27.9 Å². The van der Waals surface area contributed by atoms with Crippen LogP contribution in [0.15, 0.2) is 199 Å². The molecule has 2 aliphatic carbocycles. The molecule has 0 bridgehead atoms. The quantitative estimate of drug-likeness (QED) is 0.166. The summed E-state index contributed by atoms with van der Waals surface area (Å²) < 4.78 is 266. The summed E-state index contributed by atoms with van der Waals surface area (Å²) in [5.41, 5.74) is -12.8. The van der Waals surface area contributed by atoms with Crippen molar-refractivity contribution in [3.63, 3.8) is 0 Å². The molecule has 0 saturated carbocycles. The van der Waals surface area contributed by atoms with E-state index in [2.05, 4.69) is 0 Å². The summed E-state index contributed by atoms with van der Waals surface area (Å²) in [7, 11) is 0. The van der Waals surface area contributed by atoms with Crippen LogP contribution in [0, 0.1) is 0 Å². The van der Waals surface area contributed by atoms with E-state index in [0.717, 1.165) is 29.2 Å². The van der Waals surface area contributed by atoms with Crippen molar-refractivity contribution in [1.82, 2.24) is 0 Å². The predicted octanol–water partition coefficient (Wildman–Crippen LogP) is 13.5. The first-order valence-electron chi connectivity index (χ1n) is 30.7. The van der Waals surface area contributed by atoms with Crippen LogP contribution in [-0.4, -0.2) is 0 Å². The smallest absolute Gasteiger partial charge is 0.0714 e. The van der Waals surface area contributed by atoms with Crippen LogP contribution in [0.5, 0.6) is 0 Å². The van der Waals surface area contributed by atoms with E-state index in [0.29, 0.717) is 0 Å². The first kappa shape index (κ1) is 13.5. The van der Waals surface area contributed by atoms with E-state index < -0.39 is 242 Å². The van der Waals surface area contributed by atoms with Gasteiger partial charge in [0.1, 0.15) is 0 Å². The van der Waals surface area contributed by atoms with Gasteiger partial charge in [0.25, 0.3) is 0 Å². The van der Waals surface area contributed by atoms with Crippen molar-refractivity contribution in [2.45, 2.75) is 24.7 Å². The summed E-state index contributed by atoms with van der Waals surface area (Å²) in [6.45, 7) is 3.05. The van der Waals surface area contributed by atoms with Gasteiger partial charge in [-0.15, -0.1) is 0 Å². The number of hydrogen-bond donors (Lipinski definition) is 0. The zero-order chi connectivity index (χ0) is 60.8. The number of rotatable bonds is 6. The zero-order valence-electron chi connectivity index (χ0n) is 56.8. The van der Waals surface area contributed by atoms with Crippen molar-refractivity contribution < 1.29 is 39.8 Å². The van der Waals surface area contributed by atoms with Gasteiger partial charge in [0.15, 0.2) is 0 Å². The van der Waals surface area contributed by atoms with Gasteiger partial charge in [-0.3, -0.25) is 0 Å². The third-order valence-electron chi connectivity index (χ3n) is 9.67. The maximum absolute atomic E-state index is 9.99. The van der Waals surface area contributed by atoms with E-state index in [9.17, 15) is 19.2 Å². The first-order chi connectivity index (χ1) is 38.1. The molecule has 10 rings (SSSR count). The molecule has 0 unspecified atom stereocenters. The van der Waals surface area contributed by atoms with Crippen LogP contribution in [0.3, 0.4) is 0 Å². The molecule has 0 atom stereocenters. The molecule has 0 radical (unpaired) electrons. The highest BCUT2D eigenvalue weighted by Crippen LogP contribution is 2.61. The summed E-state index contributed by atoms with van der Waals surface area (Å²) in [5, 5.41) is 0. The van der Waals surface area contributed by atoms with Crippen molar-refractivity contribution in [2.24, 2.45) is 0 Å². The summed E-state index contributed by atoms with van der Waals surface area (Å²) >= 11 is 0. The van der Waals surface area contributed by atoms with Gasteiger partial charge in [0.05, 0.1) is 56.5 Å². The second-order valence-corrected chi connectivity index (χ2v) is 12.7. The minimum absolute atomic E-state index is 0.0681. The van der Waals surface area contributed by atoms with Gasteiger partial charge in [-0.2, -0.15) is 0 Å². The Balaban J connectivity index is 1.53. The van der Waals surface area contributed by atoms with Gasteiger partial charge in [-0.25, -0.2) is 0 Å². The number of nitrogens with zero attached hydrogens (tertiary/aromatic N) is 1. The fourth-order valence-corrected chi connectivity index (χ4v) is 7.42. The lowest BCUT2D eigenvalue weighted by molar-refractivity contribution is 0.660. The molecule has 1 heteroatoms. The van der Waals surface area contributed by atoms with Crippen LogP contribution < -0.4 is 4.90 Å². The predicted molar refractivity (Wildman–Crippen MR) is 221 cm³/mol. The van der Waals surface area contributed by atoms with E-state index in [1.54, 1.807) is 0 Å². The third kappa shape index (κ3) is 4.57. The second-order valence-electron chi connectivity index (χ2n) is 12.7. The van der Waals surface area contributed by atoms with Gasteiger partial charge in [0, 0.05) is 22.2 Å². The molecule has 0 aromatic heterocycles. The molecule has 0 saturated heterocycles. The highest BCUT2D eigenvalue weighted by Gasteiger charge is 2.47. The summed E-state index contributed by atoms with van der Waals surface area (Å²) in [5.74, 6) is 0. The molecule has 0 spiro atoms. The number of benzene rings is 8. The van der Waals surface area contributed by atoms with Crippen molar-refractivity contribution >= 4 is 17.1 Å². The normalized spacial score (nSPS) is 21.8. The van der Waals surface area contributed by atoms with Gasteiger partial charge in [-0.1, -0.05) is 189 Å². The SMILES string of the molecule is [2H]c1cc(N(c2cc([2H])c(-c3c([2H])c([2H])c([2H])c([2H])c3[2H])c([2H])c2)c2cc([2H])c([2H])c3c2-c2c([2H])c([2H])c([2H])c([2H])c2C3(c2c([2H])c([2H])c([2H])c([2H])c2[2H])c2c([2H])c([2H])c([2H])c([2H])c2[2H])c2c(c1[2H])C(C)(C)c1c([2H])c([2H])c([2H])c([2H])c1-2. The first-order valence-corrected chi connectivity index (χ1v) is 16.2. The Morgan fingerprint density at radius 3 is 1.43 bits per heavy atom. The monoisotopic (exact) mass is 706 g/mol. The largest absolute Gasteiger partial charge is 0.309 e. The Bertz CT molecular complexity index is 4140. The van der Waals surface area contributed by atoms with Crippen LogP contribution >= 0.6 is 0 Å². The summed E-state index contributed by atoms with van der Waals surface area (Å²) in [4.78, 5) is 1.06. The Morgan fingerprint density at radius 1 is 0.396 bits per heavy atom. The molecule has 0 fully saturated rings. The van der Waals surface area contributed by atoms with Crippen molar-refractivity contribution in [3.05, 3.63) is 233 Å². The van der Waals surface area contributed by atoms with Gasteiger partial charge >= 0.3 is 0 Å². The van der Waals surface area contributed by atoms with Crippen LogP contribution in [0.25, 0.3) is 33.4 Å². The molecule has 2 aliphatic rings. The highest BCUT2D eigenvalue weighted by molar-refractivity contribution is 6.01. The fourth-order valence-electron chi connectivity index (χ4n) is 7.42. The summed E-state index contributed by atoms with van der Waals surface area (Å²) in [6.07, 6.45) is 0. The minimum Gasteiger partial charge on any atom is -0.309 e. The van der Waals surface area contributed by atoms with Crippen molar-refractivity contribution in [3.8, 4) is 33.4 Å². The minimum atomic E-state index is -3.22. The molecule has 1 nitrogen and oxygen atoms in total. The van der Waals surface area contributed by atoms with Crippen LogP contribution in [0.4, 0.5) is 17.1 Å². The maximum Gasteiger partial charge on any atom is 0.0714 e. The standard InChI is InChI=1S/C52H39N/c1-51(2)43-26-14-12-24-41(43)49-45(51)28-16-30-47(49)53(40-34-32-37(33-35-40)36-18-6-3-7-19-36)48-31-17-29-46-50(48)42-25-13-15-27-44(42)52(46,38-20-8-4-9-21-38)39-22-10-5-11-23-39/h3-35H,1-2H3/i3D,4D,5D,6D,7D,8D,9D,10D,11D,12D,13D,14D,15D,16D,17D,18D,19D,20D,21D,22D,23D,24D,25D,26D,27D,28D,29D,32D,33D. The molecular weight excluding hydrogens is 639 g/mol. The van der Waals surface area contributed by atoms with Gasteiger partial charge < -0.3 is 4.90 Å². The zero-order valence-corrected chi connectivity index (χ0v) is 27.8. The van der Waals surface area contributed by atoms with E-state index in [1.807, 2.05) is 0 Å². The lowest BCUT2D eigenvalue weighted by atomic mass is 9.68. The molecule has 8 aromatic rings. The van der Waals surface area contributed by atoms with Gasteiger partial charge in [-0.05, 0) is 79.9 Å². The molecule has 0 heterocycles. The fraction of sp³-hybridized carbons (Fsp3) is 0.0769. The Labute approximate surface area is 353 Å². The average molecular weight is 707 g/mol. The molecule has 0 N–H and O–H groups in total. The van der Waals surface area contributed by atoms with E-state index in [4.69, 9.17) is 20.6 Å². The average Bonchev–Trinajstić information content (AvgIpc) is 1.52. The van der Waals surface area contributed by atoms with Gasteiger partial charge in [0.2, 0.25) is 0 Å². The second kappa shape index (κ2) is 12.1. The molecule has 53 heavy (non-hydrogen) atoms. The molecular formula is C52H39N. The molecule has 0 aliphatic heterocycles. The van der Waals surface area contributed by atoms with Crippen LogP contribution in [-0.2, 0) is 10.8 Å². The van der Waals surface area contributed by atoms with E-state index >= 15 is 0 Å². The van der Waals surface area contributed by atoms with Crippen LogP contribution in [0.1, 0.15) is 87.0 Å². The number of fused-ring (bicyclic) bond motifs is 6. The lowest BCUT2D eigenvalue weighted by Gasteiger charge is -2.34.